The topological polar surface area (TPSA) is 58.9 Å². The third kappa shape index (κ3) is 3.69. The van der Waals surface area contributed by atoms with Gasteiger partial charge >= 0.3 is 0 Å². The second kappa shape index (κ2) is 7.68. The molecule has 27 heavy (non-hydrogen) atoms. The van der Waals surface area contributed by atoms with Crippen molar-refractivity contribution in [1.82, 2.24) is 14.3 Å². The van der Waals surface area contributed by atoms with Gasteiger partial charge in [0, 0.05) is 25.8 Å². The van der Waals surface area contributed by atoms with E-state index in [1.807, 2.05) is 41.8 Å². The molecule has 0 radical (unpaired) electrons. The van der Waals surface area contributed by atoms with Gasteiger partial charge in [0.25, 0.3) is 5.91 Å². The van der Waals surface area contributed by atoms with Crippen molar-refractivity contribution in [2.75, 3.05) is 31.6 Å². The number of para-hydroxylation sites is 1. The van der Waals surface area contributed by atoms with Crippen molar-refractivity contribution in [3.8, 4) is 0 Å². The van der Waals surface area contributed by atoms with E-state index in [0.29, 0.717) is 23.1 Å². The lowest BCUT2D eigenvalue weighted by atomic mass is 10.2. The summed E-state index contributed by atoms with van der Waals surface area (Å²) < 4.78 is 7.28. The van der Waals surface area contributed by atoms with Gasteiger partial charge in [-0.15, -0.1) is 0 Å². The number of morpholine rings is 1. The van der Waals surface area contributed by atoms with Crippen molar-refractivity contribution in [1.29, 1.82) is 0 Å². The minimum atomic E-state index is -0.281. The molecule has 0 bridgehead atoms. The number of carbonyl (C=O) groups is 1. The number of rotatable bonds is 4. The molecule has 0 unspecified atom stereocenters. The Morgan fingerprint density at radius 2 is 2.00 bits per heavy atom. The quantitative estimate of drug-likeness (QED) is 0.749. The number of fused-ring (bicyclic) bond motifs is 1. The van der Waals surface area contributed by atoms with Crippen LogP contribution < -0.4 is 5.32 Å². The van der Waals surface area contributed by atoms with Crippen LogP contribution in [0, 0.1) is 6.92 Å². The molecule has 1 aliphatic heterocycles. The van der Waals surface area contributed by atoms with Crippen LogP contribution in [0.15, 0.2) is 42.6 Å². The zero-order valence-corrected chi connectivity index (χ0v) is 15.9. The summed E-state index contributed by atoms with van der Waals surface area (Å²) in [7, 11) is 0. The van der Waals surface area contributed by atoms with E-state index in [4.69, 9.17) is 21.3 Å². The summed E-state index contributed by atoms with van der Waals surface area (Å²) in [4.78, 5) is 19.9. The molecule has 0 atom stereocenters. The molecule has 1 aliphatic rings. The van der Waals surface area contributed by atoms with Gasteiger partial charge in [0.15, 0.2) is 0 Å². The van der Waals surface area contributed by atoms with Crippen molar-refractivity contribution in [3.05, 3.63) is 64.7 Å². The van der Waals surface area contributed by atoms with Crippen LogP contribution in [0.25, 0.3) is 5.52 Å². The summed E-state index contributed by atoms with van der Waals surface area (Å²) in [5.74, 6) is 0.0776. The number of aryl methyl sites for hydroxylation is 1. The maximum absolute atomic E-state index is 12.9. The number of imidazole rings is 1. The molecule has 1 fully saturated rings. The van der Waals surface area contributed by atoms with Crippen LogP contribution in [0.3, 0.4) is 0 Å². The summed E-state index contributed by atoms with van der Waals surface area (Å²) in [5, 5.41) is 3.36. The van der Waals surface area contributed by atoms with Crippen molar-refractivity contribution >= 4 is 28.7 Å². The molecule has 1 saturated heterocycles. The predicted octanol–water partition coefficient (Wildman–Crippen LogP) is 3.38. The fourth-order valence-corrected chi connectivity index (χ4v) is 3.56. The molecular formula is C20H21ClN4O2. The first-order chi connectivity index (χ1) is 13.1. The third-order valence-electron chi connectivity index (χ3n) is 4.74. The van der Waals surface area contributed by atoms with Crippen LogP contribution in [-0.4, -0.2) is 46.5 Å². The molecule has 4 rings (SSSR count). The largest absolute Gasteiger partial charge is 0.379 e. The highest BCUT2D eigenvalue weighted by molar-refractivity contribution is 6.33. The highest BCUT2D eigenvalue weighted by atomic mass is 35.5. The molecule has 1 amide bonds. The number of benzene rings is 1. The van der Waals surface area contributed by atoms with Crippen molar-refractivity contribution in [2.24, 2.45) is 0 Å². The molecule has 1 aromatic carbocycles. The molecule has 1 N–H and O–H groups in total. The Bertz CT molecular complexity index is 979. The molecule has 0 aliphatic carbocycles. The lowest BCUT2D eigenvalue weighted by Crippen LogP contribution is -2.35. The van der Waals surface area contributed by atoms with E-state index in [0.717, 1.165) is 43.1 Å². The Labute approximate surface area is 162 Å². The minimum absolute atomic E-state index is 0.281. The summed E-state index contributed by atoms with van der Waals surface area (Å²) in [6.45, 7) is 5.92. The molecule has 7 heteroatoms. The second-order valence-corrected chi connectivity index (χ2v) is 7.02. The summed E-state index contributed by atoms with van der Waals surface area (Å²) in [6, 6.07) is 11.1. The standard InChI is InChI=1S/C20H21ClN4O2/c1-14-5-4-8-25-18(14)17(13-24-9-11-27-12-10-24)22-19(25)20(26)23-16-7-3-2-6-15(16)21/h2-8H,9-13H2,1H3,(H,23,26). The monoisotopic (exact) mass is 384 g/mol. The molecule has 6 nitrogen and oxygen atoms in total. The van der Waals surface area contributed by atoms with Crippen LogP contribution >= 0.6 is 11.6 Å². The Morgan fingerprint density at radius 3 is 2.78 bits per heavy atom. The minimum Gasteiger partial charge on any atom is -0.379 e. The first-order valence-electron chi connectivity index (χ1n) is 8.96. The summed E-state index contributed by atoms with van der Waals surface area (Å²) in [5.41, 5.74) is 3.54. The number of carbonyl (C=O) groups excluding carboxylic acids is 1. The molecule has 0 saturated carbocycles. The SMILES string of the molecule is Cc1cccn2c(C(=O)Nc3ccccc3Cl)nc(CN3CCOCC3)c12. The van der Waals surface area contributed by atoms with Crippen LogP contribution in [0.5, 0.6) is 0 Å². The highest BCUT2D eigenvalue weighted by Crippen LogP contribution is 2.23. The number of hydrogen-bond acceptors (Lipinski definition) is 4. The second-order valence-electron chi connectivity index (χ2n) is 6.61. The van der Waals surface area contributed by atoms with Crippen molar-refractivity contribution in [3.63, 3.8) is 0 Å². The van der Waals surface area contributed by atoms with Gasteiger partial charge in [-0.3, -0.25) is 14.1 Å². The van der Waals surface area contributed by atoms with E-state index < -0.39 is 0 Å². The first kappa shape index (κ1) is 18.0. The van der Waals surface area contributed by atoms with E-state index in [1.54, 1.807) is 12.1 Å². The third-order valence-corrected chi connectivity index (χ3v) is 5.07. The van der Waals surface area contributed by atoms with Gasteiger partial charge in [-0.25, -0.2) is 4.98 Å². The van der Waals surface area contributed by atoms with Crippen molar-refractivity contribution < 1.29 is 9.53 Å². The first-order valence-corrected chi connectivity index (χ1v) is 9.34. The Morgan fingerprint density at radius 1 is 1.22 bits per heavy atom. The van der Waals surface area contributed by atoms with Crippen LogP contribution in [0.4, 0.5) is 5.69 Å². The molecular weight excluding hydrogens is 364 g/mol. The van der Waals surface area contributed by atoms with Gasteiger partial charge in [-0.1, -0.05) is 29.8 Å². The van der Waals surface area contributed by atoms with E-state index >= 15 is 0 Å². The van der Waals surface area contributed by atoms with Crippen LogP contribution in [-0.2, 0) is 11.3 Å². The predicted molar refractivity (Wildman–Crippen MR) is 105 cm³/mol. The number of nitrogens with one attached hydrogen (secondary N) is 1. The van der Waals surface area contributed by atoms with E-state index in [-0.39, 0.29) is 5.91 Å². The van der Waals surface area contributed by atoms with Gasteiger partial charge in [-0.2, -0.15) is 0 Å². The van der Waals surface area contributed by atoms with Crippen LogP contribution in [0.1, 0.15) is 21.9 Å². The van der Waals surface area contributed by atoms with E-state index in [9.17, 15) is 4.79 Å². The zero-order chi connectivity index (χ0) is 18.8. The lowest BCUT2D eigenvalue weighted by molar-refractivity contribution is 0.0338. The fourth-order valence-electron chi connectivity index (χ4n) is 3.38. The van der Waals surface area contributed by atoms with E-state index in [2.05, 4.69) is 10.2 Å². The Hall–Kier alpha value is -2.41. The molecule has 140 valence electrons. The number of ether oxygens (including phenoxy) is 1. The van der Waals surface area contributed by atoms with Crippen LogP contribution in [0.2, 0.25) is 5.02 Å². The maximum atomic E-state index is 12.9. The smallest absolute Gasteiger partial charge is 0.292 e. The molecule has 2 aromatic heterocycles. The average Bonchev–Trinajstić information content (AvgIpc) is 3.04. The normalized spacial score (nSPS) is 15.2. The zero-order valence-electron chi connectivity index (χ0n) is 15.1. The number of aromatic nitrogens is 2. The van der Waals surface area contributed by atoms with Gasteiger partial charge in [0.05, 0.1) is 35.1 Å². The number of pyridine rings is 1. The van der Waals surface area contributed by atoms with Gasteiger partial charge in [-0.05, 0) is 30.7 Å². The van der Waals surface area contributed by atoms with E-state index in [1.165, 1.54) is 0 Å². The molecule has 3 heterocycles. The number of halogens is 1. The van der Waals surface area contributed by atoms with Gasteiger partial charge in [0.2, 0.25) is 5.82 Å². The Balaban J connectivity index is 1.69. The fraction of sp³-hybridized carbons (Fsp3) is 0.300. The number of anilines is 1. The number of hydrogen-bond donors (Lipinski definition) is 1. The maximum Gasteiger partial charge on any atom is 0.292 e. The van der Waals surface area contributed by atoms with Gasteiger partial charge in [0.1, 0.15) is 0 Å². The number of amides is 1. The Kier molecular flexibility index (Phi) is 5.11. The number of nitrogens with zero attached hydrogens (tertiary/aromatic N) is 3. The molecule has 3 aromatic rings. The highest BCUT2D eigenvalue weighted by Gasteiger charge is 2.21. The summed E-state index contributed by atoms with van der Waals surface area (Å²) in [6.07, 6.45) is 1.87. The average molecular weight is 385 g/mol. The van der Waals surface area contributed by atoms with Crippen molar-refractivity contribution in [2.45, 2.75) is 13.5 Å². The molecule has 0 spiro atoms. The summed E-state index contributed by atoms with van der Waals surface area (Å²) >= 11 is 6.17. The lowest BCUT2D eigenvalue weighted by Gasteiger charge is -2.25. The van der Waals surface area contributed by atoms with Gasteiger partial charge < -0.3 is 10.1 Å².